The third-order valence-electron chi connectivity index (χ3n) is 10.5. The molecule has 9 heteroatoms. The van der Waals surface area contributed by atoms with E-state index in [1.165, 1.54) is 11.1 Å². The second-order valence-electron chi connectivity index (χ2n) is 12.9. The third-order valence-corrected chi connectivity index (χ3v) is 10.5. The van der Waals surface area contributed by atoms with E-state index in [4.69, 9.17) is 10.6 Å². The van der Waals surface area contributed by atoms with Crippen molar-refractivity contribution in [1.29, 1.82) is 0 Å². The molecular weight excluding hydrogens is 536 g/mol. The van der Waals surface area contributed by atoms with Crippen molar-refractivity contribution < 1.29 is 39.7 Å². The fourth-order valence-corrected chi connectivity index (χ4v) is 8.28. The second kappa shape index (κ2) is 12.7. The minimum Gasteiger partial charge on any atom is -0.656 e. The van der Waals surface area contributed by atoms with E-state index in [-0.39, 0.29) is 92.7 Å². The molecule has 0 aromatic rings. The van der Waals surface area contributed by atoms with Gasteiger partial charge in [0.2, 0.25) is 0 Å². The number of carboxylic acid groups (broad SMARTS) is 2. The van der Waals surface area contributed by atoms with Crippen LogP contribution in [-0.4, -0.2) is 60.3 Å². The molecule has 0 aromatic heterocycles. The maximum Gasteiger partial charge on any atom is 2.00 e. The Hall–Kier alpha value is -1.22. The van der Waals surface area contributed by atoms with E-state index in [1.807, 2.05) is 0 Å². The van der Waals surface area contributed by atoms with E-state index in [0.29, 0.717) is 24.9 Å². The van der Waals surface area contributed by atoms with Crippen molar-refractivity contribution in [2.45, 2.75) is 127 Å². The number of hydrogen-bond acceptors (Lipinski definition) is 6. The molecule has 2 N–H and O–H groups in total. The van der Waals surface area contributed by atoms with Crippen molar-refractivity contribution in [3.05, 3.63) is 33.9 Å². The van der Waals surface area contributed by atoms with Crippen LogP contribution in [0, 0.1) is 23.7 Å². The molecule has 5 aliphatic rings. The quantitative estimate of drug-likeness (QED) is 0.365. The van der Waals surface area contributed by atoms with E-state index < -0.39 is 11.9 Å². The predicted molar refractivity (Wildman–Crippen MR) is 145 cm³/mol. The van der Waals surface area contributed by atoms with Gasteiger partial charge in [0, 0.05) is 36.1 Å². The van der Waals surface area contributed by atoms with Gasteiger partial charge in [0.05, 0.1) is 0 Å². The van der Waals surface area contributed by atoms with Crippen molar-refractivity contribution in [2.75, 3.05) is 0 Å². The summed E-state index contributed by atoms with van der Waals surface area (Å²) in [5, 5.41) is 41.2. The van der Waals surface area contributed by atoms with Crippen molar-refractivity contribution in [3.8, 4) is 0 Å². The predicted octanol–water partition coefficient (Wildman–Crippen LogP) is 2.17. The zero-order valence-electron chi connectivity index (χ0n) is 25.6. The molecule has 5 rings (SSSR count). The van der Waals surface area contributed by atoms with Gasteiger partial charge in [-0.3, -0.25) is 0 Å². The summed E-state index contributed by atoms with van der Waals surface area (Å²) in [7, 11) is 0. The van der Waals surface area contributed by atoms with Crippen molar-refractivity contribution in [3.63, 3.8) is 0 Å². The van der Waals surface area contributed by atoms with Gasteiger partial charge in [-0.15, -0.1) is 24.2 Å². The maximum absolute atomic E-state index is 11.4. The topological polar surface area (TPSA) is 133 Å². The summed E-state index contributed by atoms with van der Waals surface area (Å²) in [4.78, 5) is 22.8. The fraction of sp³-hybridized carbons (Fsp3) is 0.800. The summed E-state index contributed by atoms with van der Waals surface area (Å²) in [5.74, 6) is -1.11. The van der Waals surface area contributed by atoms with Gasteiger partial charge in [0.25, 0.3) is 0 Å². The van der Waals surface area contributed by atoms with Crippen molar-refractivity contribution >= 4 is 11.9 Å². The zero-order chi connectivity index (χ0) is 27.1. The molecule has 218 valence electrons. The number of nitrogens with one attached hydrogen (secondary N) is 2. The molecule has 12 atom stereocenters. The molecule has 5 heterocycles. The minimum atomic E-state index is -1.01. The maximum atomic E-state index is 11.4. The van der Waals surface area contributed by atoms with Gasteiger partial charge in [-0.2, -0.15) is 0 Å². The Kier molecular flexibility index (Phi) is 10.0. The van der Waals surface area contributed by atoms with Gasteiger partial charge in [0.1, 0.15) is 0 Å². The number of carboxylic acids is 2. The summed E-state index contributed by atoms with van der Waals surface area (Å²) < 4.78 is 0. The second-order valence-corrected chi connectivity index (χ2v) is 12.9. The monoisotopic (exact) mass is 582 g/mol. The Balaban J connectivity index is 0.00000196. The molecule has 0 saturated carbocycles. The number of nitrogens with zero attached hydrogens (tertiary/aromatic N) is 2. The standard InChI is InChI=1S/C30H46N4O4.Fe/c1-15-9-20-12-25-17(3)21(5-7-29(35)36)27(33-25)14-28-22(6-8-30(37)38)18(4)26(34-28)13-24-16(2)10-19(32-24)11-23(15)31-20;/h9-10,17-28,31-32H,5-8,11-14H2,1-4H3,(H,35,36)(H,37,38);/q-2;+2. The smallest absolute Gasteiger partial charge is 0.656 e. The summed E-state index contributed by atoms with van der Waals surface area (Å²) >= 11 is 0. The van der Waals surface area contributed by atoms with E-state index in [2.05, 4.69) is 50.5 Å². The molecule has 3 saturated heterocycles. The van der Waals surface area contributed by atoms with Gasteiger partial charge in [0.15, 0.2) is 0 Å². The molecule has 0 radical (unpaired) electrons. The van der Waals surface area contributed by atoms with Crippen LogP contribution in [0.3, 0.4) is 0 Å². The van der Waals surface area contributed by atoms with E-state index in [9.17, 15) is 19.8 Å². The van der Waals surface area contributed by atoms with Gasteiger partial charge in [-0.05, 0) is 58.8 Å². The molecule has 0 spiro atoms. The number of aliphatic carboxylic acids is 2. The summed E-state index contributed by atoms with van der Waals surface area (Å²) in [5.41, 5.74) is 2.77. The van der Waals surface area contributed by atoms with Crippen LogP contribution >= 0.6 is 0 Å². The number of fused-ring (bicyclic) bond motifs is 8. The molecule has 12 unspecified atom stereocenters. The van der Waals surface area contributed by atoms with Crippen LogP contribution in [0.25, 0.3) is 10.6 Å². The van der Waals surface area contributed by atoms with Crippen LogP contribution in [0.15, 0.2) is 23.3 Å². The summed E-state index contributed by atoms with van der Waals surface area (Å²) in [6.45, 7) is 8.90. The van der Waals surface area contributed by atoms with Crippen LogP contribution in [0.2, 0.25) is 0 Å². The Morgan fingerprint density at radius 3 is 1.69 bits per heavy atom. The first-order valence-electron chi connectivity index (χ1n) is 14.8. The molecule has 0 aromatic carbocycles. The summed E-state index contributed by atoms with van der Waals surface area (Å²) in [6, 6.07) is 1.59. The Labute approximate surface area is 247 Å². The Morgan fingerprint density at radius 1 is 0.769 bits per heavy atom. The summed E-state index contributed by atoms with van der Waals surface area (Å²) in [6.07, 6.45) is 9.59. The SMILES string of the molecule is CC1=CC2CC3[N-]C(CC4[N-]C(CC5NC(C=C5C)CC1N2)C(C)C4CCC(=O)[O-])C(CCC(=O)[O-])C3C.[Fe+2].[H+].[H+]. The Bertz CT molecular complexity index is 984. The normalized spacial score (nSPS) is 43.5. The van der Waals surface area contributed by atoms with Crippen LogP contribution in [0.1, 0.15) is 81.9 Å². The largest absolute Gasteiger partial charge is 2.00 e. The first-order chi connectivity index (χ1) is 18.1. The van der Waals surface area contributed by atoms with E-state index in [0.717, 1.165) is 25.7 Å². The van der Waals surface area contributed by atoms with Crippen LogP contribution < -0.4 is 20.8 Å². The van der Waals surface area contributed by atoms with Gasteiger partial charge in [-0.25, -0.2) is 0 Å². The molecule has 8 nitrogen and oxygen atoms in total. The Morgan fingerprint density at radius 2 is 1.21 bits per heavy atom. The van der Waals surface area contributed by atoms with Crippen LogP contribution in [0.4, 0.5) is 0 Å². The molecule has 0 amide bonds. The van der Waals surface area contributed by atoms with Crippen LogP contribution in [-0.2, 0) is 26.7 Å². The average molecular weight is 583 g/mol. The molecule has 5 aliphatic heterocycles. The van der Waals surface area contributed by atoms with Crippen molar-refractivity contribution in [2.24, 2.45) is 23.7 Å². The molecular formula is C30H46FeN4O4. The van der Waals surface area contributed by atoms with E-state index >= 15 is 0 Å². The van der Waals surface area contributed by atoms with Gasteiger partial charge >= 0.3 is 19.9 Å². The zero-order valence-corrected chi connectivity index (χ0v) is 24.7. The van der Waals surface area contributed by atoms with Crippen molar-refractivity contribution in [1.82, 2.24) is 10.6 Å². The third kappa shape index (κ3) is 6.82. The fourth-order valence-electron chi connectivity index (χ4n) is 8.28. The van der Waals surface area contributed by atoms with E-state index in [1.54, 1.807) is 0 Å². The number of rotatable bonds is 6. The van der Waals surface area contributed by atoms with Crippen LogP contribution in [0.5, 0.6) is 0 Å². The molecule has 3 fully saturated rings. The molecule has 0 aliphatic carbocycles. The number of carbonyl (C=O) groups is 2. The molecule has 39 heavy (non-hydrogen) atoms. The van der Waals surface area contributed by atoms with Gasteiger partial charge < -0.3 is 41.1 Å². The first kappa shape index (κ1) is 30.7. The first-order valence-corrected chi connectivity index (χ1v) is 14.8. The minimum absolute atomic E-state index is 0. The average Bonchev–Trinajstić information content (AvgIpc) is 3.53. The number of carbonyl (C=O) groups excluding carboxylic acids is 2. The van der Waals surface area contributed by atoms with Gasteiger partial charge in [-0.1, -0.05) is 67.2 Å². The molecule has 8 bridgehead atoms. The number of hydrogen-bond donors (Lipinski definition) is 2.